The Bertz CT molecular complexity index is 455. The van der Waals surface area contributed by atoms with Crippen molar-refractivity contribution in [3.05, 3.63) is 14.5 Å². The van der Waals surface area contributed by atoms with E-state index in [0.29, 0.717) is 6.42 Å². The van der Waals surface area contributed by atoms with E-state index >= 15 is 0 Å². The molecular weight excluding hydrogens is 252 g/mol. The molecule has 1 saturated heterocycles. The van der Waals surface area contributed by atoms with Crippen LogP contribution in [0.3, 0.4) is 0 Å². The molecule has 1 aromatic rings. The zero-order chi connectivity index (χ0) is 12.4. The van der Waals surface area contributed by atoms with Gasteiger partial charge in [0, 0.05) is 23.7 Å². The maximum Gasteiger partial charge on any atom is 0.227 e. The Kier molecular flexibility index (Phi) is 3.99. The molecule has 0 radical (unpaired) electrons. The van der Waals surface area contributed by atoms with Crippen LogP contribution in [0.1, 0.15) is 30.3 Å². The number of likely N-dealkylation sites (tertiary alicyclic amines) is 1. The summed E-state index contributed by atoms with van der Waals surface area (Å²) in [6.45, 7) is 6.06. The lowest BCUT2D eigenvalue weighted by molar-refractivity contribution is -0.131. The minimum atomic E-state index is 0.241. The average molecular weight is 270 g/mol. The smallest absolute Gasteiger partial charge is 0.227 e. The second kappa shape index (κ2) is 5.31. The van der Waals surface area contributed by atoms with Gasteiger partial charge in [0.05, 0.1) is 6.42 Å². The summed E-state index contributed by atoms with van der Waals surface area (Å²) in [7, 11) is 0. The zero-order valence-electron chi connectivity index (χ0n) is 10.3. The van der Waals surface area contributed by atoms with Gasteiger partial charge in [0.15, 0.2) is 3.95 Å². The topological polar surface area (TPSA) is 36.1 Å². The van der Waals surface area contributed by atoms with E-state index in [2.05, 4.69) is 11.9 Å². The molecule has 3 nitrogen and oxygen atoms in total. The molecule has 0 spiro atoms. The molecule has 17 heavy (non-hydrogen) atoms. The predicted octanol–water partition coefficient (Wildman–Crippen LogP) is 2.92. The maximum atomic E-state index is 12.1. The van der Waals surface area contributed by atoms with Gasteiger partial charge in [-0.15, -0.1) is 11.3 Å². The Morgan fingerprint density at radius 3 is 2.71 bits per heavy atom. The third-order valence-electron chi connectivity index (χ3n) is 3.37. The van der Waals surface area contributed by atoms with Crippen molar-refractivity contribution in [3.63, 3.8) is 0 Å². The van der Waals surface area contributed by atoms with Gasteiger partial charge in [0.1, 0.15) is 0 Å². The first-order valence-corrected chi connectivity index (χ1v) is 7.25. The van der Waals surface area contributed by atoms with Crippen molar-refractivity contribution in [3.8, 4) is 0 Å². The van der Waals surface area contributed by atoms with E-state index in [9.17, 15) is 4.79 Å². The fourth-order valence-electron chi connectivity index (χ4n) is 2.11. The van der Waals surface area contributed by atoms with E-state index in [1.54, 1.807) is 0 Å². The second-order valence-electron chi connectivity index (χ2n) is 4.80. The predicted molar refractivity (Wildman–Crippen MR) is 72.9 cm³/mol. The summed E-state index contributed by atoms with van der Waals surface area (Å²) in [6, 6.07) is 0. The summed E-state index contributed by atoms with van der Waals surface area (Å²) < 4.78 is 0.762. The van der Waals surface area contributed by atoms with Gasteiger partial charge < -0.3 is 9.88 Å². The first-order valence-electron chi connectivity index (χ1n) is 6.02. The monoisotopic (exact) mass is 270 g/mol. The second-order valence-corrected chi connectivity index (χ2v) is 6.57. The van der Waals surface area contributed by atoms with Crippen molar-refractivity contribution in [2.45, 2.75) is 33.1 Å². The number of aryl methyl sites for hydroxylation is 1. The SMILES string of the molecule is Cc1[nH]c(=S)sc1CC(=O)N1CCC(C)CC1. The molecule has 5 heteroatoms. The first kappa shape index (κ1) is 12.8. The van der Waals surface area contributed by atoms with Gasteiger partial charge in [-0.05, 0) is 37.9 Å². The van der Waals surface area contributed by atoms with Crippen LogP contribution < -0.4 is 0 Å². The fourth-order valence-corrected chi connectivity index (χ4v) is 3.40. The van der Waals surface area contributed by atoms with Crippen LogP contribution in [-0.4, -0.2) is 28.9 Å². The minimum absolute atomic E-state index is 0.241. The zero-order valence-corrected chi connectivity index (χ0v) is 11.9. The summed E-state index contributed by atoms with van der Waals surface area (Å²) in [6.07, 6.45) is 2.76. The van der Waals surface area contributed by atoms with Crippen LogP contribution in [0.15, 0.2) is 0 Å². The standard InChI is InChI=1S/C12H18N2OS2/c1-8-3-5-14(6-4-8)11(15)7-10-9(2)13-12(16)17-10/h8H,3-7H2,1-2H3,(H,13,16). The lowest BCUT2D eigenvalue weighted by Crippen LogP contribution is -2.38. The first-order chi connectivity index (χ1) is 8.06. The number of amides is 1. The molecule has 1 amide bonds. The number of carbonyl (C=O) groups is 1. The van der Waals surface area contributed by atoms with Crippen molar-refractivity contribution in [1.82, 2.24) is 9.88 Å². The molecule has 1 fully saturated rings. The molecule has 1 aliphatic heterocycles. The molecule has 0 bridgehead atoms. The van der Waals surface area contributed by atoms with Gasteiger partial charge in [0.2, 0.25) is 5.91 Å². The quantitative estimate of drug-likeness (QED) is 0.839. The third-order valence-corrected chi connectivity index (χ3v) is 4.71. The lowest BCUT2D eigenvalue weighted by Gasteiger charge is -2.30. The van der Waals surface area contributed by atoms with Gasteiger partial charge in [-0.2, -0.15) is 0 Å². The van der Waals surface area contributed by atoms with Crippen LogP contribution in [0.25, 0.3) is 0 Å². The largest absolute Gasteiger partial charge is 0.342 e. The van der Waals surface area contributed by atoms with E-state index in [4.69, 9.17) is 12.2 Å². The van der Waals surface area contributed by atoms with Crippen molar-refractivity contribution >= 4 is 29.5 Å². The Hall–Kier alpha value is -0.680. The van der Waals surface area contributed by atoms with E-state index in [1.807, 2.05) is 11.8 Å². The van der Waals surface area contributed by atoms with E-state index in [0.717, 1.165) is 46.4 Å². The molecule has 1 aliphatic rings. The molecule has 2 heterocycles. The number of H-pyrrole nitrogens is 1. The van der Waals surface area contributed by atoms with Crippen LogP contribution in [0, 0.1) is 16.8 Å². The number of hydrogen-bond donors (Lipinski definition) is 1. The third kappa shape index (κ3) is 3.16. The Labute approximate surface area is 111 Å². The van der Waals surface area contributed by atoms with Crippen molar-refractivity contribution in [1.29, 1.82) is 0 Å². The number of rotatable bonds is 2. The molecule has 0 aliphatic carbocycles. The van der Waals surface area contributed by atoms with Crippen LogP contribution >= 0.6 is 23.6 Å². The number of carbonyl (C=O) groups excluding carboxylic acids is 1. The summed E-state index contributed by atoms with van der Waals surface area (Å²) >= 11 is 6.60. The van der Waals surface area contributed by atoms with Crippen molar-refractivity contribution in [2.24, 2.45) is 5.92 Å². The summed E-state index contributed by atoms with van der Waals surface area (Å²) in [5.41, 5.74) is 1.04. The molecule has 0 atom stereocenters. The molecule has 1 N–H and O–H groups in total. The molecule has 0 saturated carbocycles. The van der Waals surface area contributed by atoms with Gasteiger partial charge in [-0.3, -0.25) is 4.79 Å². The van der Waals surface area contributed by atoms with E-state index in [1.165, 1.54) is 11.3 Å². The highest BCUT2D eigenvalue weighted by Gasteiger charge is 2.21. The van der Waals surface area contributed by atoms with Crippen LogP contribution in [0.5, 0.6) is 0 Å². The highest BCUT2D eigenvalue weighted by Crippen LogP contribution is 2.19. The molecular formula is C12H18N2OS2. The lowest BCUT2D eigenvalue weighted by atomic mass is 9.99. The van der Waals surface area contributed by atoms with Gasteiger partial charge >= 0.3 is 0 Å². The fraction of sp³-hybridized carbons (Fsp3) is 0.667. The van der Waals surface area contributed by atoms with E-state index < -0.39 is 0 Å². The van der Waals surface area contributed by atoms with E-state index in [-0.39, 0.29) is 5.91 Å². The Morgan fingerprint density at radius 1 is 1.53 bits per heavy atom. The van der Waals surface area contributed by atoms with Crippen LogP contribution in [-0.2, 0) is 11.2 Å². The molecule has 2 rings (SSSR count). The van der Waals surface area contributed by atoms with Crippen LogP contribution in [0.4, 0.5) is 0 Å². The maximum absolute atomic E-state index is 12.1. The number of piperidine rings is 1. The number of hydrogen-bond acceptors (Lipinski definition) is 3. The molecule has 0 aromatic carbocycles. The van der Waals surface area contributed by atoms with Crippen molar-refractivity contribution < 1.29 is 4.79 Å². The normalized spacial score (nSPS) is 17.4. The highest BCUT2D eigenvalue weighted by atomic mass is 32.1. The molecule has 94 valence electrons. The number of nitrogens with one attached hydrogen (secondary N) is 1. The number of thiazole rings is 1. The van der Waals surface area contributed by atoms with Gasteiger partial charge in [0.25, 0.3) is 0 Å². The minimum Gasteiger partial charge on any atom is -0.342 e. The number of aromatic nitrogens is 1. The Morgan fingerprint density at radius 2 is 2.18 bits per heavy atom. The molecule has 1 aromatic heterocycles. The highest BCUT2D eigenvalue weighted by molar-refractivity contribution is 7.73. The number of aromatic amines is 1. The summed E-state index contributed by atoms with van der Waals surface area (Å²) in [5, 5.41) is 0. The molecule has 0 unspecified atom stereocenters. The number of nitrogens with zero attached hydrogens (tertiary/aromatic N) is 1. The summed E-state index contributed by atoms with van der Waals surface area (Å²) in [4.78, 5) is 18.3. The summed E-state index contributed by atoms with van der Waals surface area (Å²) in [5.74, 6) is 1.00. The Balaban J connectivity index is 1.97. The van der Waals surface area contributed by atoms with Gasteiger partial charge in [-0.1, -0.05) is 6.92 Å². The average Bonchev–Trinajstić information content (AvgIpc) is 2.58. The van der Waals surface area contributed by atoms with Crippen molar-refractivity contribution in [2.75, 3.05) is 13.1 Å². The van der Waals surface area contributed by atoms with Gasteiger partial charge in [-0.25, -0.2) is 0 Å². The van der Waals surface area contributed by atoms with Crippen LogP contribution in [0.2, 0.25) is 0 Å².